The maximum Gasteiger partial charge on any atom is 0.272 e. The maximum atomic E-state index is 12.3. The van der Waals surface area contributed by atoms with Crippen LogP contribution in [0.15, 0.2) is 36.7 Å². The minimum absolute atomic E-state index is 0.183. The van der Waals surface area contributed by atoms with Gasteiger partial charge >= 0.3 is 0 Å². The molecule has 1 saturated heterocycles. The van der Waals surface area contributed by atoms with E-state index in [1.165, 1.54) is 6.33 Å². The largest absolute Gasteiger partial charge is 0.391 e. The number of carbonyl (C=O) groups is 1. The number of benzene rings is 1. The molecule has 1 aliphatic heterocycles. The molecule has 1 amide bonds. The van der Waals surface area contributed by atoms with Crippen molar-refractivity contribution < 1.29 is 9.90 Å². The van der Waals surface area contributed by atoms with E-state index in [1.807, 2.05) is 12.1 Å². The van der Waals surface area contributed by atoms with Crippen LogP contribution in [0.1, 0.15) is 16.9 Å². The van der Waals surface area contributed by atoms with Crippen molar-refractivity contribution in [3.05, 3.63) is 47.4 Å². The van der Waals surface area contributed by atoms with Crippen molar-refractivity contribution in [2.75, 3.05) is 13.1 Å². The summed E-state index contributed by atoms with van der Waals surface area (Å²) in [5, 5.41) is 10.1. The summed E-state index contributed by atoms with van der Waals surface area (Å²) in [5.41, 5.74) is 1.81. The van der Waals surface area contributed by atoms with Crippen LogP contribution < -0.4 is 0 Å². The van der Waals surface area contributed by atoms with E-state index in [0.717, 1.165) is 5.56 Å². The van der Waals surface area contributed by atoms with Crippen molar-refractivity contribution in [1.82, 2.24) is 14.9 Å². The first kappa shape index (κ1) is 14.0. The van der Waals surface area contributed by atoms with Gasteiger partial charge in [0.2, 0.25) is 0 Å². The van der Waals surface area contributed by atoms with Gasteiger partial charge in [0.15, 0.2) is 0 Å². The van der Waals surface area contributed by atoms with Gasteiger partial charge in [0.25, 0.3) is 5.91 Å². The quantitative estimate of drug-likeness (QED) is 0.921. The Morgan fingerprint density at radius 1 is 1.33 bits per heavy atom. The number of hydrogen-bond donors (Lipinski definition) is 1. The van der Waals surface area contributed by atoms with Crippen molar-refractivity contribution in [3.8, 4) is 11.3 Å². The number of β-amino-alcohol motifs (C(OH)–C–C–N with tert-alkyl or cyclic N) is 1. The fraction of sp³-hybridized carbons (Fsp3) is 0.267. The predicted octanol–water partition coefficient (Wildman–Crippen LogP) is 2.00. The van der Waals surface area contributed by atoms with E-state index in [2.05, 4.69) is 9.97 Å². The Labute approximate surface area is 127 Å². The van der Waals surface area contributed by atoms with Gasteiger partial charge in [0.05, 0.1) is 11.8 Å². The summed E-state index contributed by atoms with van der Waals surface area (Å²) in [6.45, 7) is 0.909. The fourth-order valence-electron chi connectivity index (χ4n) is 2.37. The van der Waals surface area contributed by atoms with Crippen LogP contribution in [0.3, 0.4) is 0 Å². The van der Waals surface area contributed by atoms with Crippen LogP contribution in [0, 0.1) is 0 Å². The van der Waals surface area contributed by atoms with Gasteiger partial charge in [-0.2, -0.15) is 0 Å². The first-order valence-corrected chi connectivity index (χ1v) is 7.06. The van der Waals surface area contributed by atoms with Crippen molar-refractivity contribution in [2.24, 2.45) is 0 Å². The molecule has 108 valence electrons. The molecule has 1 aliphatic rings. The van der Waals surface area contributed by atoms with E-state index < -0.39 is 6.10 Å². The van der Waals surface area contributed by atoms with E-state index >= 15 is 0 Å². The minimum atomic E-state index is -0.441. The number of rotatable bonds is 2. The Kier molecular flexibility index (Phi) is 3.86. The zero-order chi connectivity index (χ0) is 14.8. The van der Waals surface area contributed by atoms with E-state index in [1.54, 1.807) is 23.1 Å². The van der Waals surface area contributed by atoms with Gasteiger partial charge in [-0.1, -0.05) is 23.7 Å². The Bertz CT molecular complexity index is 677. The van der Waals surface area contributed by atoms with Crippen molar-refractivity contribution in [1.29, 1.82) is 0 Å². The molecular formula is C15H14ClN3O2. The molecule has 0 radical (unpaired) electrons. The lowest BCUT2D eigenvalue weighted by molar-refractivity contribution is 0.0759. The second-order valence-electron chi connectivity index (χ2n) is 4.99. The maximum absolute atomic E-state index is 12.3. The summed E-state index contributed by atoms with van der Waals surface area (Å²) < 4.78 is 0. The molecule has 1 aromatic carbocycles. The highest BCUT2D eigenvalue weighted by atomic mass is 35.5. The monoisotopic (exact) mass is 303 g/mol. The first-order valence-electron chi connectivity index (χ1n) is 6.69. The van der Waals surface area contributed by atoms with Gasteiger partial charge in [0, 0.05) is 23.7 Å². The third kappa shape index (κ3) is 3.04. The molecule has 0 bridgehead atoms. The van der Waals surface area contributed by atoms with E-state index in [4.69, 9.17) is 11.6 Å². The van der Waals surface area contributed by atoms with Crippen LogP contribution in [0.2, 0.25) is 5.02 Å². The lowest BCUT2D eigenvalue weighted by Gasteiger charge is -2.15. The molecule has 1 unspecified atom stereocenters. The number of aliphatic hydroxyl groups is 1. The highest BCUT2D eigenvalue weighted by molar-refractivity contribution is 6.30. The molecule has 5 nitrogen and oxygen atoms in total. The summed E-state index contributed by atoms with van der Waals surface area (Å²) in [6, 6.07) is 8.93. The molecule has 1 aromatic heterocycles. The van der Waals surface area contributed by atoms with Crippen molar-refractivity contribution >= 4 is 17.5 Å². The number of likely N-dealkylation sites (tertiary alicyclic amines) is 1. The SMILES string of the molecule is O=C(c1cc(-c2cccc(Cl)c2)ncn1)N1CCC(O)C1. The molecule has 1 N–H and O–H groups in total. The number of hydrogen-bond acceptors (Lipinski definition) is 4. The molecule has 2 heterocycles. The molecule has 2 aromatic rings. The lowest BCUT2D eigenvalue weighted by atomic mass is 10.1. The van der Waals surface area contributed by atoms with Crippen LogP contribution in [-0.2, 0) is 0 Å². The summed E-state index contributed by atoms with van der Waals surface area (Å²) >= 11 is 5.97. The molecule has 21 heavy (non-hydrogen) atoms. The fourth-order valence-corrected chi connectivity index (χ4v) is 2.56. The Morgan fingerprint density at radius 3 is 2.90 bits per heavy atom. The molecule has 0 saturated carbocycles. The number of amides is 1. The Hall–Kier alpha value is -1.98. The van der Waals surface area contributed by atoms with Crippen LogP contribution in [0.25, 0.3) is 11.3 Å². The first-order chi connectivity index (χ1) is 10.1. The standard InChI is InChI=1S/C15H14ClN3O2/c16-11-3-1-2-10(6-11)13-7-14(18-9-17-13)15(21)19-5-4-12(20)8-19/h1-3,6-7,9,12,20H,4-5,8H2. The summed E-state index contributed by atoms with van der Waals surface area (Å²) in [5.74, 6) is -0.183. The minimum Gasteiger partial charge on any atom is -0.391 e. The van der Waals surface area contributed by atoms with Crippen LogP contribution in [0.5, 0.6) is 0 Å². The third-order valence-corrected chi connectivity index (χ3v) is 3.69. The van der Waals surface area contributed by atoms with Crippen LogP contribution >= 0.6 is 11.6 Å². The molecule has 0 aliphatic carbocycles. The van der Waals surface area contributed by atoms with E-state index in [0.29, 0.717) is 35.9 Å². The second kappa shape index (κ2) is 5.79. The van der Waals surface area contributed by atoms with E-state index in [-0.39, 0.29) is 5.91 Å². The summed E-state index contributed by atoms with van der Waals surface area (Å²) in [7, 11) is 0. The molecule has 3 rings (SSSR count). The second-order valence-corrected chi connectivity index (χ2v) is 5.43. The zero-order valence-corrected chi connectivity index (χ0v) is 12.0. The van der Waals surface area contributed by atoms with E-state index in [9.17, 15) is 9.90 Å². The van der Waals surface area contributed by atoms with Crippen LogP contribution in [0.4, 0.5) is 0 Å². The van der Waals surface area contributed by atoms with Gasteiger partial charge in [-0.25, -0.2) is 9.97 Å². The highest BCUT2D eigenvalue weighted by Gasteiger charge is 2.26. The normalized spacial score (nSPS) is 18.0. The number of carbonyl (C=O) groups excluding carboxylic acids is 1. The lowest BCUT2D eigenvalue weighted by Crippen LogP contribution is -2.30. The molecule has 1 fully saturated rings. The average Bonchev–Trinajstić information content (AvgIpc) is 2.93. The molecule has 6 heteroatoms. The summed E-state index contributed by atoms with van der Waals surface area (Å²) in [4.78, 5) is 22.2. The summed E-state index contributed by atoms with van der Waals surface area (Å²) in [6.07, 6.45) is 1.54. The van der Waals surface area contributed by atoms with Crippen LogP contribution in [-0.4, -0.2) is 45.1 Å². The topological polar surface area (TPSA) is 66.3 Å². The van der Waals surface area contributed by atoms with Gasteiger partial charge < -0.3 is 10.0 Å². The Balaban J connectivity index is 1.88. The predicted molar refractivity (Wildman–Crippen MR) is 79.0 cm³/mol. The average molecular weight is 304 g/mol. The highest BCUT2D eigenvalue weighted by Crippen LogP contribution is 2.21. The zero-order valence-electron chi connectivity index (χ0n) is 11.2. The molecular weight excluding hydrogens is 290 g/mol. The van der Waals surface area contributed by atoms with Gasteiger partial charge in [-0.15, -0.1) is 0 Å². The third-order valence-electron chi connectivity index (χ3n) is 3.46. The van der Waals surface area contributed by atoms with Gasteiger partial charge in [-0.3, -0.25) is 4.79 Å². The number of nitrogens with zero attached hydrogens (tertiary/aromatic N) is 3. The molecule has 0 spiro atoms. The van der Waals surface area contributed by atoms with Crippen molar-refractivity contribution in [3.63, 3.8) is 0 Å². The van der Waals surface area contributed by atoms with Gasteiger partial charge in [-0.05, 0) is 24.6 Å². The number of aliphatic hydroxyl groups excluding tert-OH is 1. The number of halogens is 1. The van der Waals surface area contributed by atoms with Crippen molar-refractivity contribution in [2.45, 2.75) is 12.5 Å². The molecule has 1 atom stereocenters. The number of aromatic nitrogens is 2. The Morgan fingerprint density at radius 2 is 2.19 bits per heavy atom. The smallest absolute Gasteiger partial charge is 0.272 e. The van der Waals surface area contributed by atoms with Gasteiger partial charge in [0.1, 0.15) is 12.0 Å².